The molecular formula is C13H17NO4. The average Bonchev–Trinajstić information content (AvgIpc) is 2.41. The van der Waals surface area contributed by atoms with E-state index in [1.165, 1.54) is 12.1 Å². The summed E-state index contributed by atoms with van der Waals surface area (Å²) in [7, 11) is 0. The summed E-state index contributed by atoms with van der Waals surface area (Å²) in [6.45, 7) is 4.12. The third-order valence-electron chi connectivity index (χ3n) is 2.82. The first-order valence-corrected chi connectivity index (χ1v) is 5.99. The van der Waals surface area contributed by atoms with E-state index in [2.05, 4.69) is 0 Å². The van der Waals surface area contributed by atoms with Gasteiger partial charge in [0.15, 0.2) is 6.10 Å². The monoisotopic (exact) mass is 251 g/mol. The standard InChI is InChI=1S/C13H17NO4/c1-10(13(16)14-6-8-17-9-7-14)18-12-4-2-11(15)3-5-12/h2-5,10,15H,6-9H2,1H3. The maximum absolute atomic E-state index is 12.1. The molecule has 2 rings (SSSR count). The van der Waals surface area contributed by atoms with Crippen molar-refractivity contribution >= 4 is 5.91 Å². The maximum Gasteiger partial charge on any atom is 0.263 e. The molecule has 1 saturated heterocycles. The minimum absolute atomic E-state index is 0.0358. The Morgan fingerprint density at radius 2 is 1.94 bits per heavy atom. The van der Waals surface area contributed by atoms with Gasteiger partial charge in [-0.2, -0.15) is 0 Å². The summed E-state index contributed by atoms with van der Waals surface area (Å²) >= 11 is 0. The minimum atomic E-state index is -0.535. The fourth-order valence-corrected chi connectivity index (χ4v) is 1.82. The predicted molar refractivity (Wildman–Crippen MR) is 65.6 cm³/mol. The highest BCUT2D eigenvalue weighted by atomic mass is 16.5. The molecule has 1 N–H and O–H groups in total. The lowest BCUT2D eigenvalue weighted by Gasteiger charge is -2.29. The van der Waals surface area contributed by atoms with Gasteiger partial charge in [-0.05, 0) is 31.2 Å². The summed E-state index contributed by atoms with van der Waals surface area (Å²) in [5, 5.41) is 9.16. The van der Waals surface area contributed by atoms with Crippen molar-refractivity contribution in [3.8, 4) is 11.5 Å². The van der Waals surface area contributed by atoms with Gasteiger partial charge in [0.05, 0.1) is 13.2 Å². The van der Waals surface area contributed by atoms with Gasteiger partial charge in [-0.15, -0.1) is 0 Å². The molecule has 0 bridgehead atoms. The summed E-state index contributed by atoms with van der Waals surface area (Å²) in [5.41, 5.74) is 0. The third-order valence-corrected chi connectivity index (χ3v) is 2.82. The molecule has 1 unspecified atom stereocenters. The van der Waals surface area contributed by atoms with E-state index in [0.29, 0.717) is 32.1 Å². The molecular weight excluding hydrogens is 234 g/mol. The number of hydrogen-bond donors (Lipinski definition) is 1. The summed E-state index contributed by atoms with van der Waals surface area (Å²) in [5.74, 6) is 0.711. The van der Waals surface area contributed by atoms with Crippen molar-refractivity contribution in [1.82, 2.24) is 4.90 Å². The fraction of sp³-hybridized carbons (Fsp3) is 0.462. The lowest BCUT2D eigenvalue weighted by atomic mass is 10.3. The molecule has 1 atom stereocenters. The summed E-state index contributed by atoms with van der Waals surface area (Å²) in [6, 6.07) is 6.33. The zero-order chi connectivity index (χ0) is 13.0. The molecule has 98 valence electrons. The second-order valence-corrected chi connectivity index (χ2v) is 4.19. The van der Waals surface area contributed by atoms with Crippen molar-refractivity contribution < 1.29 is 19.4 Å². The first-order chi connectivity index (χ1) is 8.66. The lowest BCUT2D eigenvalue weighted by molar-refractivity contribution is -0.142. The van der Waals surface area contributed by atoms with E-state index in [0.717, 1.165) is 0 Å². The number of morpholine rings is 1. The first-order valence-electron chi connectivity index (χ1n) is 5.99. The van der Waals surface area contributed by atoms with Gasteiger partial charge < -0.3 is 19.5 Å². The number of carbonyl (C=O) groups is 1. The second-order valence-electron chi connectivity index (χ2n) is 4.19. The molecule has 0 aliphatic carbocycles. The van der Waals surface area contributed by atoms with Crippen LogP contribution in [0.4, 0.5) is 0 Å². The van der Waals surface area contributed by atoms with E-state index in [1.54, 1.807) is 24.0 Å². The number of nitrogens with zero attached hydrogens (tertiary/aromatic N) is 1. The van der Waals surface area contributed by atoms with E-state index in [1.807, 2.05) is 0 Å². The number of phenols is 1. The summed E-state index contributed by atoms with van der Waals surface area (Å²) in [6.07, 6.45) is -0.535. The Hall–Kier alpha value is -1.75. The number of rotatable bonds is 3. The van der Waals surface area contributed by atoms with Crippen molar-refractivity contribution in [3.63, 3.8) is 0 Å². The number of aromatic hydroxyl groups is 1. The molecule has 0 spiro atoms. The van der Waals surface area contributed by atoms with Crippen LogP contribution in [0.15, 0.2) is 24.3 Å². The van der Waals surface area contributed by atoms with Gasteiger partial charge in [0.25, 0.3) is 5.91 Å². The van der Waals surface area contributed by atoms with Gasteiger partial charge in [0.2, 0.25) is 0 Å². The molecule has 1 fully saturated rings. The van der Waals surface area contributed by atoms with Crippen molar-refractivity contribution in [3.05, 3.63) is 24.3 Å². The molecule has 1 heterocycles. The van der Waals surface area contributed by atoms with Gasteiger partial charge >= 0.3 is 0 Å². The Morgan fingerprint density at radius 3 is 2.56 bits per heavy atom. The van der Waals surface area contributed by atoms with Crippen molar-refractivity contribution in [1.29, 1.82) is 0 Å². The topological polar surface area (TPSA) is 59.0 Å². The number of carbonyl (C=O) groups excluding carboxylic acids is 1. The smallest absolute Gasteiger partial charge is 0.263 e. The highest BCUT2D eigenvalue weighted by Gasteiger charge is 2.23. The Morgan fingerprint density at radius 1 is 1.33 bits per heavy atom. The van der Waals surface area contributed by atoms with Crippen molar-refractivity contribution in [2.75, 3.05) is 26.3 Å². The predicted octanol–water partition coefficient (Wildman–Crippen LogP) is 1.02. The van der Waals surface area contributed by atoms with Gasteiger partial charge in [-0.3, -0.25) is 4.79 Å². The molecule has 5 heteroatoms. The second kappa shape index (κ2) is 5.73. The van der Waals surface area contributed by atoms with Crippen LogP contribution in [-0.4, -0.2) is 48.3 Å². The largest absolute Gasteiger partial charge is 0.508 e. The van der Waals surface area contributed by atoms with E-state index in [4.69, 9.17) is 14.6 Å². The molecule has 1 aliphatic heterocycles. The number of hydrogen-bond acceptors (Lipinski definition) is 4. The number of amides is 1. The van der Waals surface area contributed by atoms with Crippen LogP contribution in [-0.2, 0) is 9.53 Å². The van der Waals surface area contributed by atoms with Crippen LogP contribution < -0.4 is 4.74 Å². The number of ether oxygens (including phenoxy) is 2. The number of benzene rings is 1. The van der Waals surface area contributed by atoms with E-state index in [-0.39, 0.29) is 11.7 Å². The van der Waals surface area contributed by atoms with Crippen LogP contribution in [0.1, 0.15) is 6.92 Å². The zero-order valence-corrected chi connectivity index (χ0v) is 10.3. The van der Waals surface area contributed by atoms with Crippen LogP contribution in [0.3, 0.4) is 0 Å². The Labute approximate surface area is 106 Å². The fourth-order valence-electron chi connectivity index (χ4n) is 1.82. The quantitative estimate of drug-likeness (QED) is 0.871. The molecule has 1 aliphatic rings. The molecule has 0 saturated carbocycles. The van der Waals surface area contributed by atoms with Crippen molar-refractivity contribution in [2.45, 2.75) is 13.0 Å². The average molecular weight is 251 g/mol. The summed E-state index contributed by atoms with van der Waals surface area (Å²) in [4.78, 5) is 13.8. The van der Waals surface area contributed by atoms with Crippen molar-refractivity contribution in [2.24, 2.45) is 0 Å². The van der Waals surface area contributed by atoms with E-state index >= 15 is 0 Å². The molecule has 1 aromatic rings. The Kier molecular flexibility index (Phi) is 4.04. The molecule has 1 aromatic carbocycles. The highest BCUT2D eigenvalue weighted by molar-refractivity contribution is 5.81. The van der Waals surface area contributed by atoms with E-state index in [9.17, 15) is 4.79 Å². The van der Waals surface area contributed by atoms with Crippen LogP contribution in [0.2, 0.25) is 0 Å². The summed E-state index contributed by atoms with van der Waals surface area (Å²) < 4.78 is 10.7. The van der Waals surface area contributed by atoms with Gasteiger partial charge in [0.1, 0.15) is 11.5 Å². The highest BCUT2D eigenvalue weighted by Crippen LogP contribution is 2.17. The molecule has 5 nitrogen and oxygen atoms in total. The number of phenolic OH excluding ortho intramolecular Hbond substituents is 1. The van der Waals surface area contributed by atoms with E-state index < -0.39 is 6.10 Å². The maximum atomic E-state index is 12.1. The molecule has 18 heavy (non-hydrogen) atoms. The van der Waals surface area contributed by atoms with Crippen LogP contribution >= 0.6 is 0 Å². The molecule has 0 radical (unpaired) electrons. The molecule has 0 aromatic heterocycles. The van der Waals surface area contributed by atoms with Crippen LogP contribution in [0.25, 0.3) is 0 Å². The van der Waals surface area contributed by atoms with Crippen LogP contribution in [0.5, 0.6) is 11.5 Å². The SMILES string of the molecule is CC(Oc1ccc(O)cc1)C(=O)N1CCOCC1. The van der Waals surface area contributed by atoms with Crippen LogP contribution in [0, 0.1) is 0 Å². The third kappa shape index (κ3) is 3.13. The van der Waals surface area contributed by atoms with Gasteiger partial charge in [-0.1, -0.05) is 0 Å². The molecule has 1 amide bonds. The van der Waals surface area contributed by atoms with Gasteiger partial charge in [0, 0.05) is 13.1 Å². The minimum Gasteiger partial charge on any atom is -0.508 e. The lowest BCUT2D eigenvalue weighted by Crippen LogP contribution is -2.46. The first kappa shape index (κ1) is 12.7. The normalized spacial score (nSPS) is 17.3. The Balaban J connectivity index is 1.92. The van der Waals surface area contributed by atoms with Gasteiger partial charge in [-0.25, -0.2) is 0 Å². The Bertz CT molecular complexity index is 398. The zero-order valence-electron chi connectivity index (χ0n) is 10.3.